The predicted octanol–water partition coefficient (Wildman–Crippen LogP) is 7.17. The molecule has 1 atom stereocenters. The summed E-state index contributed by atoms with van der Waals surface area (Å²) in [4.78, 5) is 29.2. The summed E-state index contributed by atoms with van der Waals surface area (Å²) in [5.74, 6) is 0.717. The van der Waals surface area contributed by atoms with Gasteiger partial charge in [-0.25, -0.2) is 0 Å². The van der Waals surface area contributed by atoms with Gasteiger partial charge in [0.1, 0.15) is 12.2 Å². The lowest BCUT2D eigenvalue weighted by Gasteiger charge is -2.26. The Balaban J connectivity index is 1.50. The minimum absolute atomic E-state index is 0.0195. The highest BCUT2D eigenvalue weighted by molar-refractivity contribution is 6.31. The fraction of sp³-hybridized carbons (Fsp3) is 0.125. The van der Waals surface area contributed by atoms with Gasteiger partial charge in [-0.05, 0) is 60.5 Å². The molecule has 7 heteroatoms. The Morgan fingerprint density at radius 1 is 0.846 bits per heavy atom. The second-order valence-electron chi connectivity index (χ2n) is 9.14. The van der Waals surface area contributed by atoms with Gasteiger partial charge in [0.25, 0.3) is 5.91 Å². The molecule has 39 heavy (non-hydrogen) atoms. The molecule has 0 spiro atoms. The van der Waals surface area contributed by atoms with Crippen molar-refractivity contribution in [3.05, 3.63) is 135 Å². The smallest absolute Gasteiger partial charge is 0.295 e. The Kier molecular flexibility index (Phi) is 6.55. The summed E-state index contributed by atoms with van der Waals surface area (Å²) < 4.78 is 18.1. The Bertz CT molecular complexity index is 1730. The number of hydrogen-bond acceptors (Lipinski definition) is 5. The Labute approximate surface area is 230 Å². The van der Waals surface area contributed by atoms with E-state index in [-0.39, 0.29) is 16.8 Å². The van der Waals surface area contributed by atoms with E-state index in [2.05, 4.69) is 0 Å². The molecule has 5 aromatic rings. The van der Waals surface area contributed by atoms with Gasteiger partial charge in [0.2, 0.25) is 5.76 Å². The van der Waals surface area contributed by atoms with E-state index in [0.29, 0.717) is 52.0 Å². The highest BCUT2D eigenvalue weighted by atomic mass is 35.5. The number of benzene rings is 4. The number of amides is 1. The fourth-order valence-corrected chi connectivity index (χ4v) is 5.11. The number of rotatable bonds is 7. The molecule has 0 saturated carbocycles. The van der Waals surface area contributed by atoms with Crippen molar-refractivity contribution < 1.29 is 18.7 Å². The number of halogens is 1. The second-order valence-corrected chi connectivity index (χ2v) is 9.58. The first-order valence-corrected chi connectivity index (χ1v) is 13.0. The Morgan fingerprint density at radius 3 is 2.33 bits per heavy atom. The van der Waals surface area contributed by atoms with Crippen LogP contribution in [0.4, 0.5) is 5.69 Å². The third kappa shape index (κ3) is 4.53. The highest BCUT2D eigenvalue weighted by Crippen LogP contribution is 2.43. The summed E-state index contributed by atoms with van der Waals surface area (Å²) in [5.41, 5.74) is 2.63. The van der Waals surface area contributed by atoms with Crippen molar-refractivity contribution in [3.8, 4) is 11.5 Å². The van der Waals surface area contributed by atoms with E-state index >= 15 is 0 Å². The van der Waals surface area contributed by atoms with Gasteiger partial charge in [-0.15, -0.1) is 0 Å². The van der Waals surface area contributed by atoms with Crippen LogP contribution in [0.25, 0.3) is 11.0 Å². The third-order valence-electron chi connectivity index (χ3n) is 6.69. The van der Waals surface area contributed by atoms with Crippen molar-refractivity contribution in [3.63, 3.8) is 0 Å². The summed E-state index contributed by atoms with van der Waals surface area (Å²) in [6, 6.07) is 28.7. The van der Waals surface area contributed by atoms with Crippen molar-refractivity contribution in [1.82, 2.24) is 0 Å². The molecule has 0 N–H and O–H groups in total. The van der Waals surface area contributed by atoms with Crippen LogP contribution in [0.1, 0.15) is 40.2 Å². The maximum atomic E-state index is 13.9. The van der Waals surface area contributed by atoms with Crippen LogP contribution in [0.3, 0.4) is 0 Å². The second kappa shape index (κ2) is 10.3. The molecule has 6 nitrogen and oxygen atoms in total. The summed E-state index contributed by atoms with van der Waals surface area (Å²) >= 11 is 6.21. The van der Waals surface area contributed by atoms with E-state index in [9.17, 15) is 9.59 Å². The van der Waals surface area contributed by atoms with Crippen LogP contribution in [0.2, 0.25) is 5.02 Å². The summed E-state index contributed by atoms with van der Waals surface area (Å²) in [7, 11) is 0. The molecule has 6 rings (SSSR count). The highest BCUT2D eigenvalue weighted by Gasteiger charge is 2.44. The molecule has 1 amide bonds. The van der Waals surface area contributed by atoms with E-state index < -0.39 is 11.9 Å². The minimum Gasteiger partial charge on any atom is -0.490 e. The zero-order valence-electron chi connectivity index (χ0n) is 21.1. The van der Waals surface area contributed by atoms with E-state index in [1.165, 1.54) is 0 Å². The largest absolute Gasteiger partial charge is 0.490 e. The quantitative estimate of drug-likeness (QED) is 0.220. The first kappa shape index (κ1) is 24.8. The van der Waals surface area contributed by atoms with Crippen LogP contribution in [0, 0.1) is 0 Å². The van der Waals surface area contributed by atoms with E-state index in [1.807, 2.05) is 85.8 Å². The number of carbonyl (C=O) groups excluding carboxylic acids is 1. The van der Waals surface area contributed by atoms with Gasteiger partial charge in [-0.3, -0.25) is 14.5 Å². The molecule has 1 aromatic heterocycles. The van der Waals surface area contributed by atoms with Gasteiger partial charge in [-0.2, -0.15) is 0 Å². The van der Waals surface area contributed by atoms with Crippen LogP contribution in [0.5, 0.6) is 11.5 Å². The average Bonchev–Trinajstić information content (AvgIpc) is 3.26. The van der Waals surface area contributed by atoms with Crippen LogP contribution < -0.4 is 19.8 Å². The third-order valence-corrected chi connectivity index (χ3v) is 6.92. The lowest BCUT2D eigenvalue weighted by molar-refractivity contribution is 0.0971. The van der Waals surface area contributed by atoms with E-state index in [4.69, 9.17) is 25.5 Å². The molecular formula is C32H24ClNO5. The summed E-state index contributed by atoms with van der Waals surface area (Å²) in [6.45, 7) is 2.68. The minimum atomic E-state index is -0.739. The van der Waals surface area contributed by atoms with Gasteiger partial charge in [0, 0.05) is 10.7 Å². The van der Waals surface area contributed by atoms with Crippen molar-refractivity contribution >= 4 is 34.2 Å². The van der Waals surface area contributed by atoms with Gasteiger partial charge < -0.3 is 13.9 Å². The zero-order valence-corrected chi connectivity index (χ0v) is 21.9. The molecule has 0 bridgehead atoms. The molecule has 0 radical (unpaired) electrons. The number of para-hydroxylation sites is 1. The molecule has 0 aliphatic carbocycles. The van der Waals surface area contributed by atoms with Gasteiger partial charge in [0.05, 0.1) is 23.6 Å². The van der Waals surface area contributed by atoms with Gasteiger partial charge in [0.15, 0.2) is 16.9 Å². The normalized spacial score (nSPS) is 14.5. The number of carbonyl (C=O) groups is 1. The Morgan fingerprint density at radius 2 is 1.59 bits per heavy atom. The molecule has 2 heterocycles. The lowest BCUT2D eigenvalue weighted by atomic mass is 9.97. The number of nitrogens with zero attached hydrogens (tertiary/aromatic N) is 1. The maximum absolute atomic E-state index is 13.9. The first-order valence-electron chi connectivity index (χ1n) is 12.6. The molecule has 1 aliphatic rings. The summed E-state index contributed by atoms with van der Waals surface area (Å²) in [6.07, 6.45) is 0. The molecule has 4 aromatic carbocycles. The molecule has 194 valence electrons. The van der Waals surface area contributed by atoms with Crippen LogP contribution in [-0.2, 0) is 6.61 Å². The topological polar surface area (TPSA) is 69.0 Å². The number of hydrogen-bond donors (Lipinski definition) is 0. The molecular weight excluding hydrogens is 514 g/mol. The monoisotopic (exact) mass is 537 g/mol. The van der Waals surface area contributed by atoms with Crippen LogP contribution >= 0.6 is 11.6 Å². The Hall–Kier alpha value is -4.55. The van der Waals surface area contributed by atoms with E-state index in [1.54, 1.807) is 23.1 Å². The molecule has 0 saturated heterocycles. The number of fused-ring (bicyclic) bond motifs is 2. The predicted molar refractivity (Wildman–Crippen MR) is 151 cm³/mol. The first-order chi connectivity index (χ1) is 19.0. The maximum Gasteiger partial charge on any atom is 0.295 e. The van der Waals surface area contributed by atoms with Crippen molar-refractivity contribution in [1.29, 1.82) is 0 Å². The average molecular weight is 538 g/mol. The van der Waals surface area contributed by atoms with Gasteiger partial charge in [-0.1, -0.05) is 66.2 Å². The summed E-state index contributed by atoms with van der Waals surface area (Å²) in [5, 5.41) is 0.732. The lowest BCUT2D eigenvalue weighted by Crippen LogP contribution is -2.29. The van der Waals surface area contributed by atoms with Crippen LogP contribution in [0.15, 0.2) is 106 Å². The number of anilines is 1. The standard InChI is InChI=1S/C32H24ClNO5/c1-2-37-27-17-21(13-15-26(27)38-19-20-9-5-3-6-10-20)29-28-30(35)24-18-22(33)14-16-25(24)39-31(28)32(36)34(29)23-11-7-4-8-12-23/h3-18,29H,2,19H2,1H3. The zero-order chi connectivity index (χ0) is 26.9. The van der Waals surface area contributed by atoms with E-state index in [0.717, 1.165) is 5.56 Å². The molecule has 1 unspecified atom stereocenters. The fourth-order valence-electron chi connectivity index (χ4n) is 4.93. The van der Waals surface area contributed by atoms with Crippen molar-refractivity contribution in [2.75, 3.05) is 11.5 Å². The van der Waals surface area contributed by atoms with Gasteiger partial charge >= 0.3 is 0 Å². The van der Waals surface area contributed by atoms with Crippen LogP contribution in [-0.4, -0.2) is 12.5 Å². The van der Waals surface area contributed by atoms with Crippen molar-refractivity contribution in [2.45, 2.75) is 19.6 Å². The molecule has 1 aliphatic heterocycles. The van der Waals surface area contributed by atoms with Crippen molar-refractivity contribution in [2.24, 2.45) is 0 Å². The SMILES string of the molecule is CCOc1cc(C2c3c(oc4ccc(Cl)cc4c3=O)C(=O)N2c2ccccc2)ccc1OCc1ccccc1. The molecule has 0 fully saturated rings. The number of ether oxygens (including phenoxy) is 2.